The van der Waals surface area contributed by atoms with E-state index in [-0.39, 0.29) is 5.97 Å². The van der Waals surface area contributed by atoms with Crippen LogP contribution in [0.25, 0.3) is 11.3 Å². The highest BCUT2D eigenvalue weighted by molar-refractivity contribution is 5.89. The highest BCUT2D eigenvalue weighted by Crippen LogP contribution is 2.19. The van der Waals surface area contributed by atoms with E-state index in [2.05, 4.69) is 29.4 Å². The zero-order valence-corrected chi connectivity index (χ0v) is 21.2. The van der Waals surface area contributed by atoms with E-state index in [0.717, 1.165) is 35.6 Å². The van der Waals surface area contributed by atoms with Crippen molar-refractivity contribution in [3.05, 3.63) is 65.9 Å². The van der Waals surface area contributed by atoms with Crippen LogP contribution in [-0.2, 0) is 11.3 Å². The Morgan fingerprint density at radius 2 is 1.46 bits per heavy atom. The van der Waals surface area contributed by atoms with E-state index in [4.69, 9.17) is 9.47 Å². The maximum Gasteiger partial charge on any atom is 0.337 e. The lowest BCUT2D eigenvalue weighted by Crippen LogP contribution is -2.01. The first-order chi connectivity index (χ1) is 17.2. The lowest BCUT2D eigenvalue weighted by atomic mass is 10.1. The van der Waals surface area contributed by atoms with E-state index in [1.54, 1.807) is 12.1 Å². The first-order valence-corrected chi connectivity index (χ1v) is 13.0. The van der Waals surface area contributed by atoms with Gasteiger partial charge in [-0.1, -0.05) is 94.2 Å². The van der Waals surface area contributed by atoms with Crippen LogP contribution in [0, 0.1) is 0 Å². The number of carbonyl (C=O) groups excluding carboxylic acids is 1. The summed E-state index contributed by atoms with van der Waals surface area (Å²) in [5.74, 6) is 0.561. The molecule has 3 aromatic rings. The van der Waals surface area contributed by atoms with Crippen molar-refractivity contribution in [3.63, 3.8) is 0 Å². The van der Waals surface area contributed by atoms with Crippen LogP contribution in [0.15, 0.2) is 54.7 Å². The number of nitrogens with zero attached hydrogens (tertiary/aromatic N) is 3. The SMILES string of the molecule is CCCCCCCCCCCCOc1ccc(Cn2cc(-c3ccc(C(=O)OC)cc3)nn2)cc1. The number of unbranched alkanes of at least 4 members (excludes halogenated alkanes) is 9. The predicted molar refractivity (Wildman–Crippen MR) is 140 cm³/mol. The fraction of sp³-hybridized carbons (Fsp3) is 0.483. The molecule has 6 heteroatoms. The average Bonchev–Trinajstić information content (AvgIpc) is 3.36. The number of aromatic nitrogens is 3. The Labute approximate surface area is 209 Å². The number of esters is 1. The second-order valence-corrected chi connectivity index (χ2v) is 9.04. The zero-order chi connectivity index (χ0) is 24.7. The van der Waals surface area contributed by atoms with Crippen molar-refractivity contribution in [3.8, 4) is 17.0 Å². The van der Waals surface area contributed by atoms with Gasteiger partial charge in [0.25, 0.3) is 0 Å². The van der Waals surface area contributed by atoms with E-state index in [1.165, 1.54) is 64.9 Å². The standard InChI is InChI=1S/C29H39N3O3/c1-3-4-5-6-7-8-9-10-11-12-21-35-27-19-13-24(14-20-27)22-32-23-28(30-31-32)25-15-17-26(18-16-25)29(33)34-2/h13-20,23H,3-12,21-22H2,1-2H3. The first kappa shape index (κ1) is 26.5. The quantitative estimate of drug-likeness (QED) is 0.163. The van der Waals surface area contributed by atoms with Gasteiger partial charge in [-0.3, -0.25) is 0 Å². The second-order valence-electron chi connectivity index (χ2n) is 9.04. The predicted octanol–water partition coefficient (Wildman–Crippen LogP) is 7.08. The van der Waals surface area contributed by atoms with Gasteiger partial charge in [0, 0.05) is 5.56 Å². The molecule has 0 saturated heterocycles. The Balaban J connectivity index is 1.34. The van der Waals surface area contributed by atoms with Gasteiger partial charge >= 0.3 is 5.97 Å². The Morgan fingerprint density at radius 1 is 0.829 bits per heavy atom. The molecule has 35 heavy (non-hydrogen) atoms. The third-order valence-corrected chi connectivity index (χ3v) is 6.17. The molecule has 0 saturated carbocycles. The normalized spacial score (nSPS) is 10.9. The molecule has 0 aliphatic rings. The van der Waals surface area contributed by atoms with Crippen LogP contribution in [0.1, 0.15) is 87.1 Å². The molecule has 1 heterocycles. The molecule has 0 amide bonds. The van der Waals surface area contributed by atoms with Crippen molar-refractivity contribution in [2.45, 2.75) is 77.7 Å². The number of methoxy groups -OCH3 is 1. The number of ether oxygens (including phenoxy) is 2. The number of hydrogen-bond donors (Lipinski definition) is 0. The number of carbonyl (C=O) groups is 1. The summed E-state index contributed by atoms with van der Waals surface area (Å²) in [6, 6.07) is 15.3. The minimum absolute atomic E-state index is 0.351. The lowest BCUT2D eigenvalue weighted by molar-refractivity contribution is 0.0600. The molecule has 0 aliphatic heterocycles. The van der Waals surface area contributed by atoms with Crippen LogP contribution in [0.4, 0.5) is 0 Å². The van der Waals surface area contributed by atoms with Crippen molar-refractivity contribution in [2.24, 2.45) is 0 Å². The van der Waals surface area contributed by atoms with Gasteiger partial charge in [0.1, 0.15) is 11.4 Å². The minimum Gasteiger partial charge on any atom is -0.494 e. The van der Waals surface area contributed by atoms with Crippen LogP contribution in [-0.4, -0.2) is 34.7 Å². The molecule has 2 aromatic carbocycles. The fourth-order valence-corrected chi connectivity index (χ4v) is 4.06. The molecule has 0 N–H and O–H groups in total. The van der Waals surface area contributed by atoms with Crippen LogP contribution in [0.2, 0.25) is 0 Å². The molecule has 188 valence electrons. The molecule has 0 bridgehead atoms. The topological polar surface area (TPSA) is 66.2 Å². The van der Waals surface area contributed by atoms with Crippen molar-refractivity contribution in [1.82, 2.24) is 15.0 Å². The molecule has 0 fully saturated rings. The van der Waals surface area contributed by atoms with E-state index in [0.29, 0.717) is 12.1 Å². The highest BCUT2D eigenvalue weighted by atomic mass is 16.5. The molecule has 0 atom stereocenters. The van der Waals surface area contributed by atoms with Crippen molar-refractivity contribution >= 4 is 5.97 Å². The summed E-state index contributed by atoms with van der Waals surface area (Å²) in [6.07, 6.45) is 15.2. The van der Waals surface area contributed by atoms with Gasteiger partial charge in [0.15, 0.2) is 0 Å². The summed E-state index contributed by atoms with van der Waals surface area (Å²) in [7, 11) is 1.37. The summed E-state index contributed by atoms with van der Waals surface area (Å²) in [5, 5.41) is 8.50. The van der Waals surface area contributed by atoms with Crippen molar-refractivity contribution in [2.75, 3.05) is 13.7 Å². The molecule has 0 radical (unpaired) electrons. The zero-order valence-electron chi connectivity index (χ0n) is 21.2. The molecule has 1 aromatic heterocycles. The molecule has 6 nitrogen and oxygen atoms in total. The summed E-state index contributed by atoms with van der Waals surface area (Å²) in [4.78, 5) is 11.6. The number of rotatable bonds is 16. The highest BCUT2D eigenvalue weighted by Gasteiger charge is 2.08. The molecule has 0 aliphatic carbocycles. The Morgan fingerprint density at radius 3 is 2.09 bits per heavy atom. The van der Waals surface area contributed by atoms with Gasteiger partial charge < -0.3 is 9.47 Å². The van der Waals surface area contributed by atoms with Crippen molar-refractivity contribution < 1.29 is 14.3 Å². The third-order valence-electron chi connectivity index (χ3n) is 6.17. The average molecular weight is 478 g/mol. The minimum atomic E-state index is -0.351. The summed E-state index contributed by atoms with van der Waals surface area (Å²) in [6.45, 7) is 3.67. The number of benzene rings is 2. The van der Waals surface area contributed by atoms with Gasteiger partial charge in [0.2, 0.25) is 0 Å². The maximum absolute atomic E-state index is 11.6. The molecule has 3 rings (SSSR count). The largest absolute Gasteiger partial charge is 0.494 e. The van der Waals surface area contributed by atoms with Crippen LogP contribution >= 0.6 is 0 Å². The fourth-order valence-electron chi connectivity index (χ4n) is 4.06. The monoisotopic (exact) mass is 477 g/mol. The third kappa shape index (κ3) is 9.19. The van der Waals surface area contributed by atoms with Gasteiger partial charge in [-0.25, -0.2) is 9.48 Å². The molecule has 0 unspecified atom stereocenters. The van der Waals surface area contributed by atoms with Crippen LogP contribution < -0.4 is 4.74 Å². The van der Waals surface area contributed by atoms with E-state index in [9.17, 15) is 4.79 Å². The van der Waals surface area contributed by atoms with Gasteiger partial charge in [0.05, 0.1) is 32.0 Å². The molecular weight excluding hydrogens is 438 g/mol. The van der Waals surface area contributed by atoms with Crippen molar-refractivity contribution in [1.29, 1.82) is 0 Å². The van der Waals surface area contributed by atoms with E-state index >= 15 is 0 Å². The van der Waals surface area contributed by atoms with Gasteiger partial charge in [-0.05, 0) is 36.2 Å². The first-order valence-electron chi connectivity index (χ1n) is 13.0. The Hall–Kier alpha value is -3.15. The van der Waals surface area contributed by atoms with E-state index < -0.39 is 0 Å². The summed E-state index contributed by atoms with van der Waals surface area (Å²) >= 11 is 0. The molecule has 0 spiro atoms. The lowest BCUT2D eigenvalue weighted by Gasteiger charge is -2.07. The maximum atomic E-state index is 11.6. The van der Waals surface area contributed by atoms with Gasteiger partial charge in [-0.15, -0.1) is 5.10 Å². The molecular formula is C29H39N3O3. The summed E-state index contributed by atoms with van der Waals surface area (Å²) in [5.41, 5.74) is 3.31. The Bertz CT molecular complexity index is 997. The van der Waals surface area contributed by atoms with E-state index in [1.807, 2.05) is 35.1 Å². The second kappa shape index (κ2) is 15.0. The Kier molecular flexibility index (Phi) is 11.3. The number of hydrogen-bond acceptors (Lipinski definition) is 5. The van der Waals surface area contributed by atoms with Crippen LogP contribution in [0.5, 0.6) is 5.75 Å². The smallest absolute Gasteiger partial charge is 0.337 e. The van der Waals surface area contributed by atoms with Gasteiger partial charge in [-0.2, -0.15) is 0 Å². The summed E-state index contributed by atoms with van der Waals surface area (Å²) < 4.78 is 12.5. The van der Waals surface area contributed by atoms with Crippen LogP contribution in [0.3, 0.4) is 0 Å².